The van der Waals surface area contributed by atoms with E-state index in [0.29, 0.717) is 47.6 Å². The highest BCUT2D eigenvalue weighted by molar-refractivity contribution is 6.41. The molecule has 0 unspecified atom stereocenters. The van der Waals surface area contributed by atoms with Gasteiger partial charge in [0.25, 0.3) is 0 Å². The van der Waals surface area contributed by atoms with Gasteiger partial charge in [0.2, 0.25) is 0 Å². The average Bonchev–Trinajstić information content (AvgIpc) is 2.86. The Morgan fingerprint density at radius 3 is 1.14 bits per heavy atom. The number of halogens is 5. The molecule has 35 heavy (non-hydrogen) atoms. The lowest BCUT2D eigenvalue weighted by molar-refractivity contribution is 1.32. The topological polar surface area (TPSA) is 12.9 Å². The lowest BCUT2D eigenvalue weighted by Crippen LogP contribution is -2.00. The molecular weight excluding hydrogens is 540 g/mol. The van der Waals surface area contributed by atoms with Crippen LogP contribution in [-0.4, -0.2) is 4.98 Å². The van der Waals surface area contributed by atoms with E-state index in [0.717, 1.165) is 22.3 Å². The predicted octanol–water partition coefficient (Wildman–Crippen LogP) is 11.0. The molecule has 0 saturated carbocycles. The van der Waals surface area contributed by atoms with Crippen LogP contribution in [0.15, 0.2) is 97.1 Å². The molecule has 1 aromatic heterocycles. The first-order valence-corrected chi connectivity index (χ1v) is 12.6. The zero-order valence-corrected chi connectivity index (χ0v) is 21.9. The molecule has 0 aliphatic heterocycles. The largest absolute Gasteiger partial charge is 0.245 e. The molecule has 4 aromatic carbocycles. The van der Waals surface area contributed by atoms with E-state index in [1.807, 2.05) is 91.0 Å². The van der Waals surface area contributed by atoms with Crippen LogP contribution in [0.2, 0.25) is 25.1 Å². The van der Waals surface area contributed by atoms with Crippen LogP contribution < -0.4 is 0 Å². The van der Waals surface area contributed by atoms with Crippen LogP contribution in [0.3, 0.4) is 0 Å². The van der Waals surface area contributed by atoms with Crippen LogP contribution in [-0.2, 0) is 0 Å². The minimum Gasteiger partial charge on any atom is -0.245 e. The zero-order chi connectivity index (χ0) is 24.5. The molecule has 0 radical (unpaired) electrons. The van der Waals surface area contributed by atoms with Crippen molar-refractivity contribution in [3.05, 3.63) is 122 Å². The van der Waals surface area contributed by atoms with Gasteiger partial charge in [0.1, 0.15) is 0 Å². The standard InChI is InChI=1S/C29H16Cl5N/c30-21-13-5-1-9-17(21)25-26(18-10-2-6-14-22(18)31)28(19-11-3-7-15-23(19)32)35-29(27(25)34)20-12-4-8-16-24(20)33/h1-16H. The molecule has 6 heteroatoms. The molecular formula is C29H16Cl5N. The molecule has 1 heterocycles. The minimum atomic E-state index is 0.414. The van der Waals surface area contributed by atoms with Crippen LogP contribution in [0.1, 0.15) is 0 Å². The van der Waals surface area contributed by atoms with Gasteiger partial charge in [0.05, 0.1) is 21.4 Å². The van der Waals surface area contributed by atoms with E-state index in [-0.39, 0.29) is 0 Å². The number of benzene rings is 4. The second-order valence-corrected chi connectivity index (χ2v) is 9.80. The van der Waals surface area contributed by atoms with E-state index in [2.05, 4.69) is 0 Å². The van der Waals surface area contributed by atoms with Gasteiger partial charge in [0, 0.05) is 48.4 Å². The molecule has 0 atom stereocenters. The smallest absolute Gasteiger partial charge is 0.0917 e. The molecule has 0 amide bonds. The van der Waals surface area contributed by atoms with Gasteiger partial charge in [-0.2, -0.15) is 0 Å². The van der Waals surface area contributed by atoms with Gasteiger partial charge in [-0.3, -0.25) is 0 Å². The highest BCUT2D eigenvalue weighted by Gasteiger charge is 2.26. The number of pyridine rings is 1. The van der Waals surface area contributed by atoms with Gasteiger partial charge < -0.3 is 0 Å². The molecule has 0 bridgehead atoms. The summed E-state index contributed by atoms with van der Waals surface area (Å²) in [6.45, 7) is 0. The Balaban J connectivity index is 2.02. The zero-order valence-electron chi connectivity index (χ0n) is 18.1. The van der Waals surface area contributed by atoms with Gasteiger partial charge in [-0.05, 0) is 24.3 Å². The summed E-state index contributed by atoms with van der Waals surface area (Å²) in [4.78, 5) is 5.07. The quantitative estimate of drug-likeness (QED) is 0.215. The summed E-state index contributed by atoms with van der Waals surface area (Å²) < 4.78 is 0. The van der Waals surface area contributed by atoms with Crippen LogP contribution in [0.5, 0.6) is 0 Å². The lowest BCUT2D eigenvalue weighted by atomic mass is 9.89. The van der Waals surface area contributed by atoms with E-state index in [4.69, 9.17) is 63.0 Å². The summed E-state index contributed by atoms with van der Waals surface area (Å²) >= 11 is 33.9. The van der Waals surface area contributed by atoms with Gasteiger partial charge in [-0.1, -0.05) is 131 Å². The molecule has 0 aliphatic carbocycles. The Morgan fingerprint density at radius 2 is 0.714 bits per heavy atom. The van der Waals surface area contributed by atoms with E-state index in [1.165, 1.54) is 0 Å². The van der Waals surface area contributed by atoms with E-state index in [1.54, 1.807) is 6.07 Å². The summed E-state index contributed by atoms with van der Waals surface area (Å²) in [7, 11) is 0. The Kier molecular flexibility index (Phi) is 7.07. The summed E-state index contributed by atoms with van der Waals surface area (Å²) in [6.07, 6.45) is 0. The van der Waals surface area contributed by atoms with E-state index < -0.39 is 0 Å². The molecule has 0 aliphatic rings. The van der Waals surface area contributed by atoms with Crippen LogP contribution >= 0.6 is 58.0 Å². The van der Waals surface area contributed by atoms with Crippen LogP contribution in [0.25, 0.3) is 44.8 Å². The number of rotatable bonds is 4. The Bertz CT molecular complexity index is 1560. The van der Waals surface area contributed by atoms with Gasteiger partial charge >= 0.3 is 0 Å². The van der Waals surface area contributed by atoms with Crippen molar-refractivity contribution in [1.82, 2.24) is 4.98 Å². The molecule has 0 fully saturated rings. The molecule has 172 valence electrons. The third-order valence-electron chi connectivity index (χ3n) is 5.68. The molecule has 1 nitrogen and oxygen atoms in total. The third kappa shape index (κ3) is 4.56. The highest BCUT2D eigenvalue weighted by atomic mass is 35.5. The second-order valence-electron chi connectivity index (χ2n) is 7.79. The fourth-order valence-corrected chi connectivity index (χ4v) is 5.34. The first kappa shape index (κ1) is 24.2. The van der Waals surface area contributed by atoms with Crippen molar-refractivity contribution in [2.24, 2.45) is 0 Å². The van der Waals surface area contributed by atoms with Gasteiger partial charge in [-0.25, -0.2) is 4.98 Å². The highest BCUT2D eigenvalue weighted by Crippen LogP contribution is 2.50. The number of hydrogen-bond acceptors (Lipinski definition) is 1. The van der Waals surface area contributed by atoms with Gasteiger partial charge in [-0.15, -0.1) is 0 Å². The van der Waals surface area contributed by atoms with Crippen molar-refractivity contribution in [3.8, 4) is 44.8 Å². The normalized spacial score (nSPS) is 11.0. The molecule has 5 aromatic rings. The molecule has 5 rings (SSSR count). The van der Waals surface area contributed by atoms with Crippen molar-refractivity contribution in [2.45, 2.75) is 0 Å². The van der Waals surface area contributed by atoms with Crippen molar-refractivity contribution < 1.29 is 0 Å². The number of hydrogen-bond donors (Lipinski definition) is 0. The lowest BCUT2D eigenvalue weighted by Gasteiger charge is -2.22. The summed E-state index contributed by atoms with van der Waals surface area (Å²) in [5, 5.41) is 2.59. The molecule has 0 spiro atoms. The second kappa shape index (κ2) is 10.2. The first-order chi connectivity index (χ1) is 17.0. The maximum Gasteiger partial charge on any atom is 0.0917 e. The third-order valence-corrected chi connectivity index (χ3v) is 7.37. The Morgan fingerprint density at radius 1 is 0.371 bits per heavy atom. The van der Waals surface area contributed by atoms with E-state index in [9.17, 15) is 0 Å². The number of nitrogens with zero attached hydrogens (tertiary/aromatic N) is 1. The predicted molar refractivity (Wildman–Crippen MR) is 151 cm³/mol. The summed E-state index contributed by atoms with van der Waals surface area (Å²) in [5.74, 6) is 0. The Hall–Kier alpha value is -2.52. The Labute approximate surface area is 228 Å². The van der Waals surface area contributed by atoms with Crippen molar-refractivity contribution in [3.63, 3.8) is 0 Å². The van der Waals surface area contributed by atoms with Crippen molar-refractivity contribution in [2.75, 3.05) is 0 Å². The first-order valence-electron chi connectivity index (χ1n) is 10.7. The SMILES string of the molecule is Clc1ccccc1-c1nc(-c2ccccc2Cl)c(-c2ccccc2Cl)c(-c2ccccc2Cl)c1Cl. The molecule has 0 saturated heterocycles. The maximum absolute atomic E-state index is 7.17. The summed E-state index contributed by atoms with van der Waals surface area (Å²) in [5.41, 5.74) is 5.53. The van der Waals surface area contributed by atoms with Crippen LogP contribution in [0.4, 0.5) is 0 Å². The fraction of sp³-hybridized carbons (Fsp3) is 0. The number of aromatic nitrogens is 1. The monoisotopic (exact) mass is 553 g/mol. The maximum atomic E-state index is 7.17. The fourth-order valence-electron chi connectivity index (χ4n) is 4.09. The average molecular weight is 556 g/mol. The van der Waals surface area contributed by atoms with Crippen molar-refractivity contribution in [1.29, 1.82) is 0 Å². The molecule has 0 N–H and O–H groups in total. The summed E-state index contributed by atoms with van der Waals surface area (Å²) in [6, 6.07) is 30.1. The van der Waals surface area contributed by atoms with Gasteiger partial charge in [0.15, 0.2) is 0 Å². The van der Waals surface area contributed by atoms with Crippen LogP contribution in [0, 0.1) is 0 Å². The van der Waals surface area contributed by atoms with E-state index >= 15 is 0 Å². The minimum absolute atomic E-state index is 0.414. The van der Waals surface area contributed by atoms with Crippen molar-refractivity contribution >= 4 is 58.0 Å².